The fourth-order valence-corrected chi connectivity index (χ4v) is 4.64. The molecule has 3 aromatic rings. The summed E-state index contributed by atoms with van der Waals surface area (Å²) >= 11 is 1.56. The molecule has 0 fully saturated rings. The molecule has 4 rings (SSSR count). The summed E-state index contributed by atoms with van der Waals surface area (Å²) in [5.74, 6) is -0.178. The third-order valence-corrected chi connectivity index (χ3v) is 6.60. The number of carbonyl (C=O) groups is 1. The summed E-state index contributed by atoms with van der Waals surface area (Å²) in [5.41, 5.74) is 4.22. The molecule has 0 aliphatic carbocycles. The Hall–Kier alpha value is -2.74. The van der Waals surface area contributed by atoms with Gasteiger partial charge in [0.2, 0.25) is 5.91 Å². The van der Waals surface area contributed by atoms with Gasteiger partial charge in [0, 0.05) is 42.1 Å². The molecule has 2 aromatic heterocycles. The van der Waals surface area contributed by atoms with Gasteiger partial charge in [0.1, 0.15) is 12.4 Å². The predicted molar refractivity (Wildman–Crippen MR) is 114 cm³/mol. The summed E-state index contributed by atoms with van der Waals surface area (Å²) in [5, 5.41) is 5.34. The Morgan fingerprint density at radius 2 is 2.07 bits per heavy atom. The maximum absolute atomic E-state index is 13.6. The monoisotopic (exact) mass is 428 g/mol. The minimum atomic E-state index is -0.231. The summed E-state index contributed by atoms with van der Waals surface area (Å²) in [4.78, 5) is 20.6. The molecule has 0 saturated heterocycles. The number of amides is 1. The lowest BCUT2D eigenvalue weighted by Gasteiger charge is -2.20. The van der Waals surface area contributed by atoms with Gasteiger partial charge in [-0.3, -0.25) is 9.48 Å². The van der Waals surface area contributed by atoms with E-state index in [2.05, 4.69) is 10.1 Å². The van der Waals surface area contributed by atoms with Crippen molar-refractivity contribution in [3.8, 4) is 16.5 Å². The van der Waals surface area contributed by atoms with E-state index in [1.54, 1.807) is 42.2 Å². The van der Waals surface area contributed by atoms with Crippen LogP contribution in [0.5, 0.6) is 5.19 Å². The molecule has 1 amide bonds. The van der Waals surface area contributed by atoms with E-state index in [0.29, 0.717) is 23.8 Å². The van der Waals surface area contributed by atoms with Crippen LogP contribution in [0.3, 0.4) is 0 Å². The second kappa shape index (κ2) is 8.55. The van der Waals surface area contributed by atoms with E-state index >= 15 is 0 Å². The lowest BCUT2D eigenvalue weighted by atomic mass is 10.1. The number of ether oxygens (including phenoxy) is 1. The highest BCUT2D eigenvalue weighted by Crippen LogP contribution is 2.28. The second-order valence-electron chi connectivity index (χ2n) is 7.43. The van der Waals surface area contributed by atoms with E-state index in [-0.39, 0.29) is 18.3 Å². The zero-order valence-electron chi connectivity index (χ0n) is 17.4. The topological polar surface area (TPSA) is 60.2 Å². The maximum atomic E-state index is 13.6. The molecule has 0 radical (unpaired) electrons. The number of rotatable bonds is 5. The first-order valence-corrected chi connectivity index (χ1v) is 10.9. The van der Waals surface area contributed by atoms with Gasteiger partial charge in [-0.2, -0.15) is 5.10 Å². The van der Waals surface area contributed by atoms with E-state index in [1.807, 2.05) is 17.9 Å². The molecule has 158 valence electrons. The molecule has 0 atom stereocenters. The number of halogens is 1. The van der Waals surface area contributed by atoms with Gasteiger partial charge in [-0.15, -0.1) is 0 Å². The minimum absolute atomic E-state index is 0.0526. The summed E-state index contributed by atoms with van der Waals surface area (Å²) < 4.78 is 20.6. The van der Waals surface area contributed by atoms with Crippen molar-refractivity contribution in [1.82, 2.24) is 19.7 Å². The molecule has 0 saturated carbocycles. The number of nitrogens with zero attached hydrogens (tertiary/aromatic N) is 4. The summed E-state index contributed by atoms with van der Waals surface area (Å²) in [6, 6.07) is 6.96. The third-order valence-electron chi connectivity index (χ3n) is 5.48. The van der Waals surface area contributed by atoms with Gasteiger partial charge in [-0.05, 0) is 43.2 Å². The van der Waals surface area contributed by atoms with Crippen LogP contribution >= 0.6 is 11.3 Å². The van der Waals surface area contributed by atoms with Gasteiger partial charge in [0.05, 0.1) is 18.5 Å². The van der Waals surface area contributed by atoms with Crippen molar-refractivity contribution in [3.05, 3.63) is 51.9 Å². The molecule has 8 heteroatoms. The number of fused-ring (bicyclic) bond motifs is 1. The van der Waals surface area contributed by atoms with Gasteiger partial charge in [0.15, 0.2) is 0 Å². The van der Waals surface area contributed by atoms with Crippen LogP contribution in [0.25, 0.3) is 11.3 Å². The maximum Gasteiger partial charge on any atom is 0.273 e. The SMILES string of the molecule is CCc1cc(-c2ccc(F)c(C)c2)nn1CC(=O)N1CCc2nc(OC)sc2CC1. The Morgan fingerprint density at radius 1 is 1.27 bits per heavy atom. The summed E-state index contributed by atoms with van der Waals surface area (Å²) in [6.45, 7) is 5.30. The Balaban J connectivity index is 1.48. The van der Waals surface area contributed by atoms with Crippen molar-refractivity contribution >= 4 is 17.2 Å². The fourth-order valence-electron chi connectivity index (χ4n) is 3.73. The number of carbonyl (C=O) groups excluding carboxylic acids is 1. The van der Waals surface area contributed by atoms with Crippen LogP contribution in [0.15, 0.2) is 24.3 Å². The van der Waals surface area contributed by atoms with Crippen LogP contribution in [-0.2, 0) is 30.6 Å². The molecule has 6 nitrogen and oxygen atoms in total. The molecule has 30 heavy (non-hydrogen) atoms. The predicted octanol–water partition coefficient (Wildman–Crippen LogP) is 3.65. The molecule has 0 bridgehead atoms. The standard InChI is InChI=1S/C22H25FN4O2S/c1-4-16-12-19(15-5-6-17(23)14(2)11-15)25-27(16)13-21(28)26-9-7-18-20(8-10-26)30-22(24-18)29-3/h5-6,11-12H,4,7-10,13H2,1-3H3. The normalized spacial score (nSPS) is 13.8. The quantitative estimate of drug-likeness (QED) is 0.622. The van der Waals surface area contributed by atoms with Gasteiger partial charge in [-0.25, -0.2) is 9.37 Å². The van der Waals surface area contributed by atoms with E-state index in [0.717, 1.165) is 41.9 Å². The van der Waals surface area contributed by atoms with Gasteiger partial charge in [-0.1, -0.05) is 18.3 Å². The molecule has 1 aliphatic rings. The highest BCUT2D eigenvalue weighted by atomic mass is 32.1. The average Bonchev–Trinajstić information content (AvgIpc) is 3.28. The number of aromatic nitrogens is 3. The largest absolute Gasteiger partial charge is 0.473 e. The van der Waals surface area contributed by atoms with Crippen molar-refractivity contribution in [1.29, 1.82) is 0 Å². The molecular formula is C22H25FN4O2S. The average molecular weight is 429 g/mol. The molecule has 3 heterocycles. The molecule has 1 aromatic carbocycles. The zero-order valence-corrected chi connectivity index (χ0v) is 18.3. The van der Waals surface area contributed by atoms with Crippen LogP contribution < -0.4 is 4.74 Å². The fraction of sp³-hybridized carbons (Fsp3) is 0.409. The van der Waals surface area contributed by atoms with Crippen molar-refractivity contribution in [2.75, 3.05) is 20.2 Å². The molecular weight excluding hydrogens is 403 g/mol. The number of methoxy groups -OCH3 is 1. The lowest BCUT2D eigenvalue weighted by Crippen LogP contribution is -2.36. The van der Waals surface area contributed by atoms with Crippen LogP contribution in [0.1, 0.15) is 28.8 Å². The first-order valence-electron chi connectivity index (χ1n) is 10.1. The zero-order chi connectivity index (χ0) is 21.3. The first kappa shape index (κ1) is 20.5. The Bertz CT molecular complexity index is 1050. The molecule has 0 N–H and O–H groups in total. The van der Waals surface area contributed by atoms with Crippen molar-refractivity contribution in [2.24, 2.45) is 0 Å². The van der Waals surface area contributed by atoms with Crippen LogP contribution in [-0.4, -0.2) is 45.8 Å². The van der Waals surface area contributed by atoms with Crippen LogP contribution in [0, 0.1) is 12.7 Å². The van der Waals surface area contributed by atoms with E-state index in [9.17, 15) is 9.18 Å². The molecule has 1 aliphatic heterocycles. The van der Waals surface area contributed by atoms with Gasteiger partial charge >= 0.3 is 0 Å². The Kier molecular flexibility index (Phi) is 5.85. The Morgan fingerprint density at radius 3 is 2.80 bits per heavy atom. The Labute approximate surface area is 179 Å². The van der Waals surface area contributed by atoms with E-state index < -0.39 is 0 Å². The smallest absolute Gasteiger partial charge is 0.273 e. The highest BCUT2D eigenvalue weighted by molar-refractivity contribution is 7.13. The number of hydrogen-bond donors (Lipinski definition) is 0. The van der Waals surface area contributed by atoms with Crippen LogP contribution in [0.2, 0.25) is 0 Å². The lowest BCUT2D eigenvalue weighted by molar-refractivity contribution is -0.132. The molecule has 0 unspecified atom stereocenters. The van der Waals surface area contributed by atoms with E-state index in [4.69, 9.17) is 4.74 Å². The second-order valence-corrected chi connectivity index (χ2v) is 8.48. The number of benzene rings is 1. The number of hydrogen-bond acceptors (Lipinski definition) is 5. The highest BCUT2D eigenvalue weighted by Gasteiger charge is 2.23. The number of aryl methyl sites for hydroxylation is 2. The summed E-state index contributed by atoms with van der Waals surface area (Å²) in [7, 11) is 1.63. The summed E-state index contributed by atoms with van der Waals surface area (Å²) in [6.07, 6.45) is 2.30. The van der Waals surface area contributed by atoms with Gasteiger partial charge < -0.3 is 9.64 Å². The van der Waals surface area contributed by atoms with Crippen molar-refractivity contribution in [3.63, 3.8) is 0 Å². The van der Waals surface area contributed by atoms with E-state index in [1.165, 1.54) is 10.9 Å². The first-order chi connectivity index (χ1) is 14.5. The minimum Gasteiger partial charge on any atom is -0.473 e. The van der Waals surface area contributed by atoms with Crippen LogP contribution in [0.4, 0.5) is 4.39 Å². The van der Waals surface area contributed by atoms with Gasteiger partial charge in [0.25, 0.3) is 5.19 Å². The van der Waals surface area contributed by atoms with Crippen molar-refractivity contribution < 1.29 is 13.9 Å². The van der Waals surface area contributed by atoms with Crippen molar-refractivity contribution in [2.45, 2.75) is 39.7 Å². The molecule has 0 spiro atoms. The number of thiazole rings is 1. The third kappa shape index (κ3) is 4.09.